The van der Waals surface area contributed by atoms with Crippen molar-refractivity contribution < 1.29 is 4.79 Å². The number of hydrogen-bond acceptors (Lipinski definition) is 3. The standard InChI is InChI=1S/C12H17N3O/c16-11(8-3-2-6-13-7-8)12-14-9-4-1-5-10(9)15-12/h8,13H,1-7H2,(H,14,15). The van der Waals surface area contributed by atoms with Crippen LogP contribution in [0.1, 0.15) is 41.3 Å². The second kappa shape index (κ2) is 4.01. The molecule has 1 unspecified atom stereocenters. The molecule has 0 amide bonds. The van der Waals surface area contributed by atoms with Crippen molar-refractivity contribution in [2.45, 2.75) is 32.1 Å². The maximum absolute atomic E-state index is 12.2. The summed E-state index contributed by atoms with van der Waals surface area (Å²) in [5, 5.41) is 3.27. The molecule has 1 aliphatic heterocycles. The highest BCUT2D eigenvalue weighted by Crippen LogP contribution is 2.21. The fourth-order valence-corrected chi connectivity index (χ4v) is 2.68. The highest BCUT2D eigenvalue weighted by Gasteiger charge is 2.26. The van der Waals surface area contributed by atoms with Crippen LogP contribution in [0.5, 0.6) is 0 Å². The minimum Gasteiger partial charge on any atom is -0.339 e. The molecule has 86 valence electrons. The highest BCUT2D eigenvalue weighted by atomic mass is 16.1. The number of carbonyl (C=O) groups is 1. The van der Waals surface area contributed by atoms with Gasteiger partial charge in [0.2, 0.25) is 5.78 Å². The number of aromatic nitrogens is 2. The van der Waals surface area contributed by atoms with Crippen molar-refractivity contribution in [2.24, 2.45) is 5.92 Å². The summed E-state index contributed by atoms with van der Waals surface area (Å²) in [5.41, 5.74) is 2.30. The van der Waals surface area contributed by atoms with Crippen molar-refractivity contribution in [3.8, 4) is 0 Å². The molecular weight excluding hydrogens is 202 g/mol. The summed E-state index contributed by atoms with van der Waals surface area (Å²) in [7, 11) is 0. The van der Waals surface area contributed by atoms with E-state index in [1.165, 1.54) is 12.1 Å². The lowest BCUT2D eigenvalue weighted by atomic mass is 9.95. The molecule has 2 N–H and O–H groups in total. The third kappa shape index (κ3) is 1.67. The van der Waals surface area contributed by atoms with Gasteiger partial charge in [-0.25, -0.2) is 4.98 Å². The Hall–Kier alpha value is -1.16. The summed E-state index contributed by atoms with van der Waals surface area (Å²) in [4.78, 5) is 19.8. The Kier molecular flexibility index (Phi) is 2.52. The SMILES string of the molecule is O=C(c1nc2c([nH]1)CCC2)C1CCCNC1. The van der Waals surface area contributed by atoms with Crippen LogP contribution in [0, 0.1) is 5.92 Å². The first-order valence-corrected chi connectivity index (χ1v) is 6.17. The van der Waals surface area contributed by atoms with E-state index in [4.69, 9.17) is 0 Å². The van der Waals surface area contributed by atoms with Crippen molar-refractivity contribution in [2.75, 3.05) is 13.1 Å². The van der Waals surface area contributed by atoms with E-state index in [2.05, 4.69) is 15.3 Å². The molecule has 2 heterocycles. The molecule has 1 aromatic rings. The normalized spacial score (nSPS) is 24.4. The maximum atomic E-state index is 12.2. The van der Waals surface area contributed by atoms with Gasteiger partial charge in [-0.2, -0.15) is 0 Å². The van der Waals surface area contributed by atoms with E-state index >= 15 is 0 Å². The zero-order chi connectivity index (χ0) is 11.0. The average molecular weight is 219 g/mol. The third-order valence-corrected chi connectivity index (χ3v) is 3.61. The Morgan fingerprint density at radius 2 is 2.25 bits per heavy atom. The van der Waals surface area contributed by atoms with Crippen LogP contribution in [0.15, 0.2) is 0 Å². The highest BCUT2D eigenvalue weighted by molar-refractivity contribution is 5.95. The minimum absolute atomic E-state index is 0.125. The first-order chi connectivity index (χ1) is 7.84. The number of nitrogens with one attached hydrogen (secondary N) is 2. The number of H-pyrrole nitrogens is 1. The number of fused-ring (bicyclic) bond motifs is 1. The van der Waals surface area contributed by atoms with Gasteiger partial charge in [-0.3, -0.25) is 4.79 Å². The number of piperidine rings is 1. The van der Waals surface area contributed by atoms with Crippen molar-refractivity contribution in [3.05, 3.63) is 17.2 Å². The molecule has 0 spiro atoms. The number of Topliss-reactive ketones (excluding diaryl/α,β-unsaturated/α-hetero) is 1. The molecule has 0 aromatic carbocycles. The van der Waals surface area contributed by atoms with Crippen molar-refractivity contribution >= 4 is 5.78 Å². The molecular formula is C12H17N3O. The summed E-state index contributed by atoms with van der Waals surface area (Å²) in [6, 6.07) is 0. The largest absolute Gasteiger partial charge is 0.339 e. The maximum Gasteiger partial charge on any atom is 0.202 e. The topological polar surface area (TPSA) is 57.8 Å². The molecule has 1 fully saturated rings. The first-order valence-electron chi connectivity index (χ1n) is 6.17. The Balaban J connectivity index is 1.78. The van der Waals surface area contributed by atoms with E-state index in [1.807, 2.05) is 0 Å². The minimum atomic E-state index is 0.125. The van der Waals surface area contributed by atoms with E-state index in [9.17, 15) is 4.79 Å². The molecule has 1 saturated heterocycles. The van der Waals surface area contributed by atoms with Crippen molar-refractivity contribution in [1.82, 2.24) is 15.3 Å². The van der Waals surface area contributed by atoms with Gasteiger partial charge in [-0.1, -0.05) is 0 Å². The summed E-state index contributed by atoms with van der Waals surface area (Å²) in [6.07, 6.45) is 5.35. The van der Waals surface area contributed by atoms with E-state index < -0.39 is 0 Å². The van der Waals surface area contributed by atoms with E-state index in [-0.39, 0.29) is 11.7 Å². The molecule has 1 aliphatic carbocycles. The molecule has 0 bridgehead atoms. The van der Waals surface area contributed by atoms with Crippen molar-refractivity contribution in [1.29, 1.82) is 0 Å². The van der Waals surface area contributed by atoms with Crippen LogP contribution in [-0.2, 0) is 12.8 Å². The monoisotopic (exact) mass is 219 g/mol. The van der Waals surface area contributed by atoms with Crippen LogP contribution in [0.4, 0.5) is 0 Å². The first kappa shape index (κ1) is 10.0. The van der Waals surface area contributed by atoms with Gasteiger partial charge in [0, 0.05) is 18.2 Å². The molecule has 1 atom stereocenters. The van der Waals surface area contributed by atoms with Gasteiger partial charge in [0.25, 0.3) is 0 Å². The predicted octanol–water partition coefficient (Wildman–Crippen LogP) is 1.08. The van der Waals surface area contributed by atoms with Gasteiger partial charge in [0.15, 0.2) is 5.82 Å². The zero-order valence-corrected chi connectivity index (χ0v) is 9.38. The number of ketones is 1. The molecule has 4 nitrogen and oxygen atoms in total. The Morgan fingerprint density at radius 1 is 1.31 bits per heavy atom. The Bertz CT molecular complexity index is 383. The molecule has 0 radical (unpaired) electrons. The molecule has 1 aromatic heterocycles. The number of carbonyl (C=O) groups excluding carboxylic acids is 1. The number of imidazole rings is 1. The van der Waals surface area contributed by atoms with E-state index in [0.29, 0.717) is 5.82 Å². The lowest BCUT2D eigenvalue weighted by Crippen LogP contribution is -2.34. The lowest BCUT2D eigenvalue weighted by Gasteiger charge is -2.20. The molecule has 0 saturated carbocycles. The second-order valence-electron chi connectivity index (χ2n) is 4.77. The molecule has 4 heteroatoms. The van der Waals surface area contributed by atoms with Gasteiger partial charge in [0.1, 0.15) is 0 Å². The lowest BCUT2D eigenvalue weighted by molar-refractivity contribution is 0.0889. The number of aryl methyl sites for hydroxylation is 2. The quantitative estimate of drug-likeness (QED) is 0.732. The molecule has 2 aliphatic rings. The van der Waals surface area contributed by atoms with Gasteiger partial charge in [-0.05, 0) is 38.6 Å². The van der Waals surface area contributed by atoms with Gasteiger partial charge >= 0.3 is 0 Å². The van der Waals surface area contributed by atoms with Gasteiger partial charge in [-0.15, -0.1) is 0 Å². The Morgan fingerprint density at radius 3 is 3.00 bits per heavy atom. The fourth-order valence-electron chi connectivity index (χ4n) is 2.68. The number of aromatic amines is 1. The predicted molar refractivity (Wildman–Crippen MR) is 60.5 cm³/mol. The third-order valence-electron chi connectivity index (χ3n) is 3.61. The number of hydrogen-bond donors (Lipinski definition) is 2. The molecule has 16 heavy (non-hydrogen) atoms. The average Bonchev–Trinajstić information content (AvgIpc) is 2.89. The van der Waals surface area contributed by atoms with Gasteiger partial charge in [0.05, 0.1) is 5.69 Å². The van der Waals surface area contributed by atoms with Crippen molar-refractivity contribution in [3.63, 3.8) is 0 Å². The smallest absolute Gasteiger partial charge is 0.202 e. The van der Waals surface area contributed by atoms with Crippen LogP contribution in [0.3, 0.4) is 0 Å². The van der Waals surface area contributed by atoms with Crippen LogP contribution in [0.2, 0.25) is 0 Å². The van der Waals surface area contributed by atoms with Crippen LogP contribution in [-0.4, -0.2) is 28.8 Å². The molecule has 3 rings (SSSR count). The van der Waals surface area contributed by atoms with Gasteiger partial charge < -0.3 is 10.3 Å². The second-order valence-corrected chi connectivity index (χ2v) is 4.77. The fraction of sp³-hybridized carbons (Fsp3) is 0.667. The summed E-state index contributed by atoms with van der Waals surface area (Å²) in [6.45, 7) is 1.85. The summed E-state index contributed by atoms with van der Waals surface area (Å²) >= 11 is 0. The zero-order valence-electron chi connectivity index (χ0n) is 9.38. The van der Waals surface area contributed by atoms with Crippen LogP contribution >= 0.6 is 0 Å². The van der Waals surface area contributed by atoms with Crippen LogP contribution < -0.4 is 5.32 Å². The number of nitrogens with zero attached hydrogens (tertiary/aromatic N) is 1. The van der Waals surface area contributed by atoms with Crippen LogP contribution in [0.25, 0.3) is 0 Å². The van der Waals surface area contributed by atoms with E-state index in [1.54, 1.807) is 0 Å². The Labute approximate surface area is 94.8 Å². The summed E-state index contributed by atoms with van der Waals surface area (Å²) < 4.78 is 0. The summed E-state index contributed by atoms with van der Waals surface area (Å²) in [5.74, 6) is 0.917. The number of rotatable bonds is 2. The van der Waals surface area contributed by atoms with E-state index in [0.717, 1.165) is 44.5 Å².